The number of allylic oxidation sites excluding steroid dienone is 3. The van der Waals surface area contributed by atoms with Gasteiger partial charge in [-0.15, -0.1) is 0 Å². The van der Waals surface area contributed by atoms with Gasteiger partial charge in [-0.05, 0) is 29.2 Å². The summed E-state index contributed by atoms with van der Waals surface area (Å²) < 4.78 is 0. The van der Waals surface area contributed by atoms with E-state index in [4.69, 9.17) is 0 Å². The zero-order chi connectivity index (χ0) is 7.84. The van der Waals surface area contributed by atoms with E-state index in [0.717, 1.165) is 0 Å². The van der Waals surface area contributed by atoms with Crippen LogP contribution in [0.3, 0.4) is 0 Å². The van der Waals surface area contributed by atoms with Crippen LogP contribution in [0, 0.1) is 0 Å². The molecular formula is C11H10. The predicted molar refractivity (Wildman–Crippen MR) is 49.1 cm³/mol. The highest BCUT2D eigenvalue weighted by Gasteiger charge is 2.18. The van der Waals surface area contributed by atoms with Gasteiger partial charge in [0.15, 0.2) is 0 Å². The quantitative estimate of drug-likeness (QED) is 0.565. The fourth-order valence-corrected chi connectivity index (χ4v) is 1.59. The number of fused-ring (bicyclic) bond motifs is 1. The summed E-state index contributed by atoms with van der Waals surface area (Å²) in [6.45, 7) is 5.91. The third-order valence-electron chi connectivity index (χ3n) is 2.23. The Balaban J connectivity index is 2.59. The van der Waals surface area contributed by atoms with Crippen LogP contribution >= 0.6 is 0 Å². The second kappa shape index (κ2) is 2.09. The number of hydrogen-bond donors (Lipinski definition) is 0. The van der Waals surface area contributed by atoms with Crippen molar-refractivity contribution in [2.24, 2.45) is 0 Å². The van der Waals surface area contributed by atoms with Crippen LogP contribution in [0.2, 0.25) is 0 Å². The molecule has 0 radical (unpaired) electrons. The van der Waals surface area contributed by atoms with E-state index in [-0.39, 0.29) is 0 Å². The standard InChI is InChI=1S/C11H10/c1-3-9-8(2)10-6-4-5-7-11(9)10/h3-7H,1H2,2H3. The first-order valence-corrected chi connectivity index (χ1v) is 3.77. The summed E-state index contributed by atoms with van der Waals surface area (Å²) in [6, 6.07) is 8.42. The molecule has 1 aromatic carbocycles. The maximum atomic E-state index is 3.77. The highest BCUT2D eigenvalue weighted by atomic mass is 14.2. The van der Waals surface area contributed by atoms with Gasteiger partial charge in [-0.2, -0.15) is 0 Å². The van der Waals surface area contributed by atoms with E-state index < -0.39 is 0 Å². The van der Waals surface area contributed by atoms with E-state index in [9.17, 15) is 0 Å². The first-order chi connectivity index (χ1) is 5.34. The van der Waals surface area contributed by atoms with Gasteiger partial charge in [-0.25, -0.2) is 0 Å². The van der Waals surface area contributed by atoms with Gasteiger partial charge in [-0.3, -0.25) is 0 Å². The average Bonchev–Trinajstić information content (AvgIpc) is 2.05. The van der Waals surface area contributed by atoms with Gasteiger partial charge in [-0.1, -0.05) is 36.9 Å². The predicted octanol–water partition coefficient (Wildman–Crippen LogP) is 3.12. The van der Waals surface area contributed by atoms with Gasteiger partial charge in [0.25, 0.3) is 0 Å². The molecule has 0 aromatic heterocycles. The number of rotatable bonds is 1. The van der Waals surface area contributed by atoms with E-state index in [2.05, 4.69) is 37.8 Å². The Kier molecular flexibility index (Phi) is 1.22. The lowest BCUT2D eigenvalue weighted by atomic mass is 9.82. The van der Waals surface area contributed by atoms with Crippen LogP contribution in [0.5, 0.6) is 0 Å². The largest absolute Gasteiger partial charge is 0.0984 e. The summed E-state index contributed by atoms with van der Waals surface area (Å²) >= 11 is 0. The summed E-state index contributed by atoms with van der Waals surface area (Å²) in [5.41, 5.74) is 5.40. The zero-order valence-electron chi connectivity index (χ0n) is 6.59. The van der Waals surface area contributed by atoms with E-state index >= 15 is 0 Å². The van der Waals surface area contributed by atoms with Crippen molar-refractivity contribution in [1.82, 2.24) is 0 Å². The average molecular weight is 142 g/mol. The highest BCUT2D eigenvalue weighted by molar-refractivity contribution is 6.06. The molecular weight excluding hydrogens is 132 g/mol. The molecule has 0 heterocycles. The first kappa shape index (κ1) is 6.41. The van der Waals surface area contributed by atoms with Crippen molar-refractivity contribution in [3.63, 3.8) is 0 Å². The van der Waals surface area contributed by atoms with Crippen LogP contribution in [0.4, 0.5) is 0 Å². The first-order valence-electron chi connectivity index (χ1n) is 3.77. The zero-order valence-corrected chi connectivity index (χ0v) is 6.59. The maximum Gasteiger partial charge on any atom is -0.0106 e. The molecule has 0 unspecified atom stereocenters. The lowest BCUT2D eigenvalue weighted by molar-refractivity contribution is 1.45. The van der Waals surface area contributed by atoms with E-state index in [1.54, 1.807) is 0 Å². The molecule has 0 heteroatoms. The Morgan fingerprint density at radius 3 is 2.45 bits per heavy atom. The molecule has 0 spiro atoms. The summed E-state index contributed by atoms with van der Waals surface area (Å²) in [5.74, 6) is 0. The molecule has 1 aliphatic rings. The second-order valence-corrected chi connectivity index (χ2v) is 2.79. The molecule has 0 aliphatic heterocycles. The van der Waals surface area contributed by atoms with E-state index in [1.165, 1.54) is 22.3 Å². The molecule has 0 amide bonds. The Labute approximate surface area is 66.9 Å². The normalized spacial score (nSPS) is 13.9. The van der Waals surface area contributed by atoms with Crippen LogP contribution in [0.15, 0.2) is 36.9 Å². The highest BCUT2D eigenvalue weighted by Crippen LogP contribution is 2.39. The van der Waals surface area contributed by atoms with E-state index in [0.29, 0.717) is 0 Å². The molecule has 0 bridgehead atoms. The molecule has 0 saturated carbocycles. The van der Waals surface area contributed by atoms with Crippen molar-refractivity contribution in [3.05, 3.63) is 48.0 Å². The molecule has 0 atom stereocenters. The number of hydrogen-bond acceptors (Lipinski definition) is 0. The minimum Gasteiger partial charge on any atom is -0.0984 e. The molecule has 0 fully saturated rings. The molecule has 11 heavy (non-hydrogen) atoms. The third kappa shape index (κ3) is 0.695. The van der Waals surface area contributed by atoms with Crippen LogP contribution in [-0.2, 0) is 0 Å². The van der Waals surface area contributed by atoms with Crippen LogP contribution < -0.4 is 0 Å². The van der Waals surface area contributed by atoms with Crippen LogP contribution in [-0.4, -0.2) is 0 Å². The Morgan fingerprint density at radius 1 is 1.18 bits per heavy atom. The molecule has 0 N–H and O–H groups in total. The van der Waals surface area contributed by atoms with Crippen molar-refractivity contribution in [1.29, 1.82) is 0 Å². The summed E-state index contributed by atoms with van der Waals surface area (Å²) in [5, 5.41) is 0. The fraction of sp³-hybridized carbons (Fsp3) is 0.0909. The van der Waals surface area contributed by atoms with Gasteiger partial charge < -0.3 is 0 Å². The Bertz CT molecular complexity index is 343. The van der Waals surface area contributed by atoms with Crippen molar-refractivity contribution in [2.45, 2.75) is 6.92 Å². The molecule has 0 nitrogen and oxygen atoms in total. The van der Waals surface area contributed by atoms with Gasteiger partial charge >= 0.3 is 0 Å². The molecule has 1 aromatic rings. The number of benzene rings is 1. The summed E-state index contributed by atoms with van der Waals surface area (Å²) in [4.78, 5) is 0. The van der Waals surface area contributed by atoms with Gasteiger partial charge in [0.2, 0.25) is 0 Å². The molecule has 0 saturated heterocycles. The topological polar surface area (TPSA) is 0 Å². The Morgan fingerprint density at radius 2 is 1.82 bits per heavy atom. The monoisotopic (exact) mass is 142 g/mol. The smallest absolute Gasteiger partial charge is 0.0106 e. The van der Waals surface area contributed by atoms with Gasteiger partial charge in [0, 0.05) is 0 Å². The van der Waals surface area contributed by atoms with Gasteiger partial charge in [0.05, 0.1) is 0 Å². The SMILES string of the molecule is C=CC1=C(C)c2ccccc21. The summed E-state index contributed by atoms with van der Waals surface area (Å²) in [6.07, 6.45) is 1.93. The van der Waals surface area contributed by atoms with Crippen LogP contribution in [0.25, 0.3) is 11.1 Å². The van der Waals surface area contributed by atoms with Gasteiger partial charge in [0.1, 0.15) is 0 Å². The molecule has 2 rings (SSSR count). The van der Waals surface area contributed by atoms with Crippen molar-refractivity contribution in [2.75, 3.05) is 0 Å². The lowest BCUT2D eigenvalue weighted by Gasteiger charge is -2.22. The minimum atomic E-state index is 1.31. The van der Waals surface area contributed by atoms with Crippen LogP contribution in [0.1, 0.15) is 18.1 Å². The van der Waals surface area contributed by atoms with E-state index in [1.807, 2.05) is 6.08 Å². The third-order valence-corrected chi connectivity index (χ3v) is 2.23. The molecule has 1 aliphatic carbocycles. The van der Waals surface area contributed by atoms with Crippen molar-refractivity contribution in [3.8, 4) is 0 Å². The minimum absolute atomic E-state index is 1.31. The maximum absolute atomic E-state index is 3.77. The molecule has 54 valence electrons. The van der Waals surface area contributed by atoms with Crippen molar-refractivity contribution >= 4 is 11.1 Å². The van der Waals surface area contributed by atoms with Crippen molar-refractivity contribution < 1.29 is 0 Å². The second-order valence-electron chi connectivity index (χ2n) is 2.79. The Hall–Kier alpha value is -1.30. The lowest BCUT2D eigenvalue weighted by Crippen LogP contribution is -2.01. The summed E-state index contributed by atoms with van der Waals surface area (Å²) in [7, 11) is 0. The fourth-order valence-electron chi connectivity index (χ4n) is 1.59.